The minimum Gasteiger partial charge on any atom is -0.335 e. The van der Waals surface area contributed by atoms with Crippen molar-refractivity contribution in [3.05, 3.63) is 35.9 Å². The Bertz CT molecular complexity index is 430. The smallest absolute Gasteiger partial charge is 0.236 e. The highest BCUT2D eigenvalue weighted by Gasteiger charge is 2.32. The standard InChI is InChI=1S/C14H19N3O.2ClH/c18-14-9-15-8-13-11-16(6-7-17(13)14)10-12-4-2-1-3-5-12;;/h1-5,13,15H,6-11H2;2*1H. The van der Waals surface area contributed by atoms with Crippen LogP contribution in [0.1, 0.15) is 5.56 Å². The van der Waals surface area contributed by atoms with Crippen LogP contribution in [-0.2, 0) is 11.3 Å². The highest BCUT2D eigenvalue weighted by molar-refractivity contribution is 5.85. The molecule has 1 aromatic rings. The van der Waals surface area contributed by atoms with Gasteiger partial charge in [-0.3, -0.25) is 9.69 Å². The Labute approximate surface area is 132 Å². The second-order valence-electron chi connectivity index (χ2n) is 5.09. The Morgan fingerprint density at radius 1 is 1.15 bits per heavy atom. The summed E-state index contributed by atoms with van der Waals surface area (Å²) in [4.78, 5) is 16.2. The largest absolute Gasteiger partial charge is 0.335 e. The van der Waals surface area contributed by atoms with Gasteiger partial charge in [-0.2, -0.15) is 0 Å². The molecule has 0 aliphatic carbocycles. The van der Waals surface area contributed by atoms with E-state index in [1.165, 1.54) is 5.56 Å². The minimum atomic E-state index is 0. The molecule has 112 valence electrons. The summed E-state index contributed by atoms with van der Waals surface area (Å²) < 4.78 is 0. The van der Waals surface area contributed by atoms with Crippen molar-refractivity contribution in [3.8, 4) is 0 Å². The third kappa shape index (κ3) is 3.85. The van der Waals surface area contributed by atoms with Crippen molar-refractivity contribution >= 4 is 30.7 Å². The maximum atomic E-state index is 11.7. The van der Waals surface area contributed by atoms with Gasteiger partial charge in [-0.25, -0.2) is 0 Å². The number of amides is 1. The van der Waals surface area contributed by atoms with Crippen molar-refractivity contribution in [2.45, 2.75) is 12.6 Å². The molecule has 1 N–H and O–H groups in total. The van der Waals surface area contributed by atoms with Crippen molar-refractivity contribution in [1.82, 2.24) is 15.1 Å². The third-order valence-corrected chi connectivity index (χ3v) is 3.79. The number of hydrogen-bond acceptors (Lipinski definition) is 3. The summed E-state index contributed by atoms with van der Waals surface area (Å²) in [6.07, 6.45) is 0. The van der Waals surface area contributed by atoms with Gasteiger partial charge in [-0.15, -0.1) is 24.8 Å². The molecule has 20 heavy (non-hydrogen) atoms. The average molecular weight is 318 g/mol. The van der Waals surface area contributed by atoms with Gasteiger partial charge in [0.1, 0.15) is 0 Å². The molecule has 3 rings (SSSR count). The van der Waals surface area contributed by atoms with Crippen LogP contribution in [0.4, 0.5) is 0 Å². The quantitative estimate of drug-likeness (QED) is 0.888. The van der Waals surface area contributed by atoms with Crippen LogP contribution < -0.4 is 5.32 Å². The molecular formula is C14H21Cl2N3O. The van der Waals surface area contributed by atoms with Gasteiger partial charge in [0, 0.05) is 32.7 Å². The Kier molecular flexibility index (Phi) is 6.76. The fourth-order valence-corrected chi connectivity index (χ4v) is 2.86. The van der Waals surface area contributed by atoms with Crippen molar-refractivity contribution < 1.29 is 4.79 Å². The lowest BCUT2D eigenvalue weighted by Gasteiger charge is -2.44. The summed E-state index contributed by atoms with van der Waals surface area (Å²) in [6, 6.07) is 10.9. The fraction of sp³-hybridized carbons (Fsp3) is 0.500. The number of carbonyl (C=O) groups excluding carboxylic acids is 1. The van der Waals surface area contributed by atoms with Crippen LogP contribution in [0, 0.1) is 0 Å². The number of nitrogens with zero attached hydrogens (tertiary/aromatic N) is 2. The predicted molar refractivity (Wildman–Crippen MR) is 84.6 cm³/mol. The summed E-state index contributed by atoms with van der Waals surface area (Å²) in [6.45, 7) is 5.26. The Morgan fingerprint density at radius 2 is 1.90 bits per heavy atom. The molecule has 0 bridgehead atoms. The van der Waals surface area contributed by atoms with E-state index < -0.39 is 0 Å². The molecule has 0 saturated carbocycles. The lowest BCUT2D eigenvalue weighted by molar-refractivity contribution is -0.137. The molecule has 2 aliphatic rings. The van der Waals surface area contributed by atoms with E-state index in [0.717, 1.165) is 32.7 Å². The number of nitrogens with one attached hydrogen (secondary N) is 1. The first-order valence-corrected chi connectivity index (χ1v) is 6.59. The number of hydrogen-bond donors (Lipinski definition) is 1. The van der Waals surface area contributed by atoms with E-state index >= 15 is 0 Å². The normalized spacial score (nSPS) is 22.5. The van der Waals surface area contributed by atoms with E-state index in [4.69, 9.17) is 0 Å². The van der Waals surface area contributed by atoms with Gasteiger partial charge in [0.05, 0.1) is 12.6 Å². The Morgan fingerprint density at radius 3 is 2.65 bits per heavy atom. The summed E-state index contributed by atoms with van der Waals surface area (Å²) in [7, 11) is 0. The maximum Gasteiger partial charge on any atom is 0.236 e. The highest BCUT2D eigenvalue weighted by atomic mass is 35.5. The van der Waals surface area contributed by atoms with Crippen LogP contribution in [-0.4, -0.2) is 54.5 Å². The van der Waals surface area contributed by atoms with Gasteiger partial charge < -0.3 is 10.2 Å². The second-order valence-corrected chi connectivity index (χ2v) is 5.09. The molecule has 1 aromatic carbocycles. The molecule has 0 spiro atoms. The van der Waals surface area contributed by atoms with Crippen molar-refractivity contribution in [3.63, 3.8) is 0 Å². The SMILES string of the molecule is Cl.Cl.O=C1CNCC2CN(Cc3ccccc3)CCN12. The molecule has 1 unspecified atom stereocenters. The molecule has 2 fully saturated rings. The summed E-state index contributed by atoms with van der Waals surface area (Å²) in [5, 5.41) is 3.20. The van der Waals surface area contributed by atoms with Gasteiger partial charge >= 0.3 is 0 Å². The fourth-order valence-electron chi connectivity index (χ4n) is 2.86. The first-order valence-electron chi connectivity index (χ1n) is 6.59. The topological polar surface area (TPSA) is 35.6 Å². The number of piperazine rings is 2. The molecule has 2 saturated heterocycles. The Balaban J connectivity index is 0.000001000. The molecule has 0 aromatic heterocycles. The van der Waals surface area contributed by atoms with Crippen LogP contribution >= 0.6 is 24.8 Å². The zero-order valence-corrected chi connectivity index (χ0v) is 13.0. The van der Waals surface area contributed by atoms with Crippen molar-refractivity contribution in [2.75, 3.05) is 32.7 Å². The molecular weight excluding hydrogens is 297 g/mol. The van der Waals surface area contributed by atoms with Gasteiger partial charge in [0.15, 0.2) is 0 Å². The summed E-state index contributed by atoms with van der Waals surface area (Å²) >= 11 is 0. The number of fused-ring (bicyclic) bond motifs is 1. The van der Waals surface area contributed by atoms with Crippen LogP contribution in [0.25, 0.3) is 0 Å². The second kappa shape index (κ2) is 7.84. The Hall–Kier alpha value is -0.810. The van der Waals surface area contributed by atoms with E-state index in [1.54, 1.807) is 0 Å². The highest BCUT2D eigenvalue weighted by Crippen LogP contribution is 2.14. The molecule has 1 amide bonds. The van der Waals surface area contributed by atoms with Crippen molar-refractivity contribution in [1.29, 1.82) is 0 Å². The van der Waals surface area contributed by atoms with Crippen LogP contribution in [0.3, 0.4) is 0 Å². The van der Waals surface area contributed by atoms with Gasteiger partial charge in [-0.1, -0.05) is 30.3 Å². The van der Waals surface area contributed by atoms with Gasteiger partial charge in [-0.05, 0) is 5.56 Å². The zero-order valence-electron chi connectivity index (χ0n) is 11.3. The van der Waals surface area contributed by atoms with E-state index in [9.17, 15) is 4.79 Å². The number of rotatable bonds is 2. The number of benzene rings is 1. The molecule has 0 radical (unpaired) electrons. The summed E-state index contributed by atoms with van der Waals surface area (Å²) in [5.41, 5.74) is 1.35. The molecule has 6 heteroatoms. The minimum absolute atomic E-state index is 0. The zero-order chi connectivity index (χ0) is 12.4. The average Bonchev–Trinajstić information content (AvgIpc) is 2.40. The number of halogens is 2. The summed E-state index contributed by atoms with van der Waals surface area (Å²) in [5.74, 6) is 0.255. The van der Waals surface area contributed by atoms with Gasteiger partial charge in [0.2, 0.25) is 5.91 Å². The molecule has 2 heterocycles. The van der Waals surface area contributed by atoms with E-state index in [2.05, 4.69) is 34.5 Å². The van der Waals surface area contributed by atoms with Gasteiger partial charge in [0.25, 0.3) is 0 Å². The molecule has 4 nitrogen and oxygen atoms in total. The van der Waals surface area contributed by atoms with E-state index in [-0.39, 0.29) is 30.7 Å². The first kappa shape index (κ1) is 17.2. The monoisotopic (exact) mass is 317 g/mol. The van der Waals surface area contributed by atoms with Crippen LogP contribution in [0.15, 0.2) is 30.3 Å². The molecule has 1 atom stereocenters. The lowest BCUT2D eigenvalue weighted by atomic mass is 10.1. The molecule has 2 aliphatic heterocycles. The van der Waals surface area contributed by atoms with E-state index in [1.807, 2.05) is 11.0 Å². The van der Waals surface area contributed by atoms with Crippen molar-refractivity contribution in [2.24, 2.45) is 0 Å². The third-order valence-electron chi connectivity index (χ3n) is 3.79. The maximum absolute atomic E-state index is 11.7. The van der Waals surface area contributed by atoms with Crippen LogP contribution in [0.2, 0.25) is 0 Å². The first-order chi connectivity index (χ1) is 8.83. The predicted octanol–water partition coefficient (Wildman–Crippen LogP) is 1.15. The van der Waals surface area contributed by atoms with E-state index in [0.29, 0.717) is 12.6 Å². The lowest BCUT2D eigenvalue weighted by Crippen LogP contribution is -2.63. The van der Waals surface area contributed by atoms with Crippen LogP contribution in [0.5, 0.6) is 0 Å². The number of carbonyl (C=O) groups is 1.